The van der Waals surface area contributed by atoms with Gasteiger partial charge in [0, 0.05) is 17.9 Å². The van der Waals surface area contributed by atoms with Gasteiger partial charge in [-0.3, -0.25) is 4.68 Å². The highest BCUT2D eigenvalue weighted by molar-refractivity contribution is 6.58. The summed E-state index contributed by atoms with van der Waals surface area (Å²) in [5, 5.41) is 29.5. The minimum absolute atomic E-state index is 0.341. The van der Waals surface area contributed by atoms with E-state index in [1.807, 2.05) is 6.07 Å². The third-order valence-corrected chi connectivity index (χ3v) is 1.40. The van der Waals surface area contributed by atoms with Gasteiger partial charge in [0.1, 0.15) is 0 Å². The van der Waals surface area contributed by atoms with Crippen LogP contribution < -0.4 is 5.46 Å². The normalized spacial score (nSPS) is 9.42. The summed E-state index contributed by atoms with van der Waals surface area (Å²) in [6.07, 6.45) is 3.23. The van der Waals surface area contributed by atoms with Crippen LogP contribution in [-0.2, 0) is 6.54 Å². The van der Waals surface area contributed by atoms with Crippen LogP contribution in [0.3, 0.4) is 0 Å². The molecule has 1 heterocycles. The number of aromatic nitrogens is 2. The lowest BCUT2D eigenvalue weighted by atomic mass is 9.83. The van der Waals surface area contributed by atoms with E-state index in [9.17, 15) is 0 Å². The molecular formula is C6H8BN3O2. The van der Waals surface area contributed by atoms with Gasteiger partial charge < -0.3 is 10.0 Å². The van der Waals surface area contributed by atoms with Gasteiger partial charge in [0.05, 0.1) is 19.0 Å². The van der Waals surface area contributed by atoms with E-state index in [1.54, 1.807) is 0 Å². The Morgan fingerprint density at radius 3 is 2.92 bits per heavy atom. The van der Waals surface area contributed by atoms with Crippen LogP contribution >= 0.6 is 0 Å². The third-order valence-electron chi connectivity index (χ3n) is 1.40. The van der Waals surface area contributed by atoms with Gasteiger partial charge in [-0.2, -0.15) is 10.4 Å². The van der Waals surface area contributed by atoms with E-state index in [4.69, 9.17) is 15.3 Å². The number of aryl methyl sites for hydroxylation is 1. The Labute approximate surface area is 70.0 Å². The zero-order chi connectivity index (χ0) is 8.97. The van der Waals surface area contributed by atoms with Gasteiger partial charge in [-0.25, -0.2) is 0 Å². The number of hydrogen-bond acceptors (Lipinski definition) is 4. The van der Waals surface area contributed by atoms with Crippen molar-refractivity contribution in [3.8, 4) is 6.07 Å². The zero-order valence-electron chi connectivity index (χ0n) is 6.38. The first-order valence-electron chi connectivity index (χ1n) is 3.49. The number of rotatable bonds is 3. The summed E-state index contributed by atoms with van der Waals surface area (Å²) in [6.45, 7) is 0.475. The minimum atomic E-state index is -1.49. The molecule has 0 atom stereocenters. The first-order valence-corrected chi connectivity index (χ1v) is 3.49. The van der Waals surface area contributed by atoms with Gasteiger partial charge in [-0.15, -0.1) is 0 Å². The predicted octanol–water partition coefficient (Wildman–Crippen LogP) is -1.52. The summed E-state index contributed by atoms with van der Waals surface area (Å²) in [5.41, 5.74) is 0.341. The second kappa shape index (κ2) is 3.90. The highest BCUT2D eigenvalue weighted by Crippen LogP contribution is 1.86. The molecule has 0 amide bonds. The average Bonchev–Trinajstić information content (AvgIpc) is 2.48. The second-order valence-corrected chi connectivity index (χ2v) is 2.32. The Kier molecular flexibility index (Phi) is 2.85. The molecule has 1 rings (SSSR count). The lowest BCUT2D eigenvalue weighted by molar-refractivity contribution is 0.425. The van der Waals surface area contributed by atoms with E-state index >= 15 is 0 Å². The number of hydrogen-bond donors (Lipinski definition) is 2. The van der Waals surface area contributed by atoms with Crippen molar-refractivity contribution in [3.05, 3.63) is 12.4 Å². The lowest BCUT2D eigenvalue weighted by Gasteiger charge is -1.93. The number of nitrogens with zero attached hydrogens (tertiary/aromatic N) is 3. The number of nitriles is 1. The molecule has 0 spiro atoms. The van der Waals surface area contributed by atoms with Gasteiger partial charge in [0.15, 0.2) is 0 Å². The molecule has 0 aliphatic heterocycles. The fraction of sp³-hybridized carbons (Fsp3) is 0.333. The van der Waals surface area contributed by atoms with Crippen molar-refractivity contribution in [1.29, 1.82) is 5.26 Å². The second-order valence-electron chi connectivity index (χ2n) is 2.32. The summed E-state index contributed by atoms with van der Waals surface area (Å²) in [4.78, 5) is 0. The quantitative estimate of drug-likeness (QED) is 0.532. The molecule has 0 bridgehead atoms. The van der Waals surface area contributed by atoms with E-state index in [0.717, 1.165) is 0 Å². The lowest BCUT2D eigenvalue weighted by Crippen LogP contribution is -2.28. The monoisotopic (exact) mass is 165 g/mol. The van der Waals surface area contributed by atoms with E-state index in [2.05, 4.69) is 5.10 Å². The summed E-state index contributed by atoms with van der Waals surface area (Å²) >= 11 is 0. The Morgan fingerprint density at radius 2 is 2.42 bits per heavy atom. The Hall–Kier alpha value is -1.32. The Morgan fingerprint density at radius 1 is 1.67 bits per heavy atom. The molecule has 5 nitrogen and oxygen atoms in total. The average molecular weight is 165 g/mol. The molecule has 0 unspecified atom stereocenters. The Bertz CT molecular complexity index is 291. The largest absolute Gasteiger partial charge is 0.491 e. The van der Waals surface area contributed by atoms with E-state index in [1.165, 1.54) is 17.1 Å². The van der Waals surface area contributed by atoms with Crippen molar-refractivity contribution in [1.82, 2.24) is 9.78 Å². The summed E-state index contributed by atoms with van der Waals surface area (Å²) < 4.78 is 1.50. The molecule has 62 valence electrons. The van der Waals surface area contributed by atoms with Gasteiger partial charge in [-0.05, 0) is 0 Å². The predicted molar refractivity (Wildman–Crippen MR) is 42.3 cm³/mol. The Balaban J connectivity index is 2.59. The van der Waals surface area contributed by atoms with E-state index in [0.29, 0.717) is 18.4 Å². The molecule has 0 aromatic carbocycles. The SMILES string of the molecule is N#CCCn1cc(B(O)O)cn1. The highest BCUT2D eigenvalue weighted by Gasteiger charge is 2.12. The van der Waals surface area contributed by atoms with Crippen molar-refractivity contribution in [2.45, 2.75) is 13.0 Å². The summed E-state index contributed by atoms with van der Waals surface area (Å²) in [5.74, 6) is 0. The van der Waals surface area contributed by atoms with Crippen molar-refractivity contribution in [2.24, 2.45) is 0 Å². The molecule has 0 saturated carbocycles. The maximum absolute atomic E-state index is 8.70. The van der Waals surface area contributed by atoms with Crippen LogP contribution in [-0.4, -0.2) is 26.9 Å². The zero-order valence-corrected chi connectivity index (χ0v) is 6.38. The van der Waals surface area contributed by atoms with Crippen LogP contribution in [0, 0.1) is 11.3 Å². The van der Waals surface area contributed by atoms with Gasteiger partial charge >= 0.3 is 7.12 Å². The smallest absolute Gasteiger partial charge is 0.423 e. The fourth-order valence-electron chi connectivity index (χ4n) is 0.800. The maximum Gasteiger partial charge on any atom is 0.491 e. The van der Waals surface area contributed by atoms with Crippen molar-refractivity contribution in [3.63, 3.8) is 0 Å². The summed E-state index contributed by atoms with van der Waals surface area (Å²) in [7, 11) is -1.49. The molecule has 0 fully saturated rings. The molecule has 6 heteroatoms. The fourth-order valence-corrected chi connectivity index (χ4v) is 0.800. The van der Waals surface area contributed by atoms with Crippen LogP contribution in [0.25, 0.3) is 0 Å². The van der Waals surface area contributed by atoms with E-state index < -0.39 is 7.12 Å². The summed E-state index contributed by atoms with van der Waals surface area (Å²) in [6, 6.07) is 1.97. The molecule has 0 aliphatic rings. The van der Waals surface area contributed by atoms with Crippen molar-refractivity contribution in [2.75, 3.05) is 0 Å². The van der Waals surface area contributed by atoms with Crippen molar-refractivity contribution < 1.29 is 10.0 Å². The molecule has 0 saturated heterocycles. The first-order chi connectivity index (χ1) is 5.74. The van der Waals surface area contributed by atoms with E-state index in [-0.39, 0.29) is 0 Å². The first kappa shape index (κ1) is 8.78. The van der Waals surface area contributed by atoms with Crippen LogP contribution in [0.4, 0.5) is 0 Å². The third kappa shape index (κ3) is 2.08. The van der Waals surface area contributed by atoms with Crippen LogP contribution in [0.1, 0.15) is 6.42 Å². The maximum atomic E-state index is 8.70. The van der Waals surface area contributed by atoms with Gasteiger partial charge in [0.2, 0.25) is 0 Å². The molecule has 2 N–H and O–H groups in total. The van der Waals surface area contributed by atoms with Crippen LogP contribution in [0.2, 0.25) is 0 Å². The van der Waals surface area contributed by atoms with Gasteiger partial charge in [0.25, 0.3) is 0 Å². The molecule has 1 aromatic rings. The molecule has 12 heavy (non-hydrogen) atoms. The highest BCUT2D eigenvalue weighted by atomic mass is 16.4. The molecule has 0 radical (unpaired) electrons. The van der Waals surface area contributed by atoms with Crippen molar-refractivity contribution >= 4 is 12.6 Å². The van der Waals surface area contributed by atoms with Crippen LogP contribution in [0.15, 0.2) is 12.4 Å². The standard InChI is InChI=1S/C6H8BN3O2/c8-2-1-3-10-5-6(4-9-10)7(11)12/h4-5,11-12H,1,3H2. The molecule has 1 aromatic heterocycles. The molecular weight excluding hydrogens is 157 g/mol. The topological polar surface area (TPSA) is 82.1 Å². The molecule has 0 aliphatic carbocycles. The van der Waals surface area contributed by atoms with Gasteiger partial charge in [-0.1, -0.05) is 0 Å². The minimum Gasteiger partial charge on any atom is -0.423 e. The van der Waals surface area contributed by atoms with Crippen LogP contribution in [0.5, 0.6) is 0 Å².